The average molecular weight is 278 g/mol. The van der Waals surface area contributed by atoms with Gasteiger partial charge < -0.3 is 5.32 Å². The molecule has 3 rings (SSSR count). The molecule has 3 fully saturated rings. The van der Waals surface area contributed by atoms with Crippen molar-refractivity contribution in [1.82, 2.24) is 10.2 Å². The van der Waals surface area contributed by atoms with Gasteiger partial charge in [-0.05, 0) is 37.5 Å². The van der Waals surface area contributed by atoms with E-state index in [0.717, 1.165) is 17.9 Å². The fourth-order valence-electron chi connectivity index (χ4n) is 5.05. The van der Waals surface area contributed by atoms with Crippen molar-refractivity contribution in [1.29, 1.82) is 0 Å². The Hall–Kier alpha value is -0.0800. The highest BCUT2D eigenvalue weighted by Crippen LogP contribution is 2.37. The van der Waals surface area contributed by atoms with E-state index in [1.165, 1.54) is 77.4 Å². The molecule has 2 saturated carbocycles. The molecule has 0 aromatic carbocycles. The summed E-state index contributed by atoms with van der Waals surface area (Å²) in [6.45, 7) is 8.68. The predicted molar refractivity (Wildman–Crippen MR) is 86.0 cm³/mol. The fourth-order valence-corrected chi connectivity index (χ4v) is 5.05. The number of rotatable bonds is 3. The van der Waals surface area contributed by atoms with Crippen LogP contribution >= 0.6 is 0 Å². The number of nitrogens with one attached hydrogen (secondary N) is 1. The summed E-state index contributed by atoms with van der Waals surface area (Å²) in [5.74, 6) is 1.77. The second kappa shape index (κ2) is 6.36. The maximum atomic E-state index is 4.00. The lowest BCUT2D eigenvalue weighted by molar-refractivity contribution is 0.0299. The topological polar surface area (TPSA) is 15.3 Å². The minimum Gasteiger partial charge on any atom is -0.308 e. The first-order chi connectivity index (χ1) is 9.69. The highest BCUT2D eigenvalue weighted by atomic mass is 15.3. The van der Waals surface area contributed by atoms with Gasteiger partial charge in [0.2, 0.25) is 0 Å². The largest absolute Gasteiger partial charge is 0.308 e. The molecule has 0 aromatic heterocycles. The highest BCUT2D eigenvalue weighted by Gasteiger charge is 2.43. The van der Waals surface area contributed by atoms with Crippen molar-refractivity contribution in [3.63, 3.8) is 0 Å². The SMILES string of the molecule is CC(C)CN1CC2(CCCC2)NCC1C1CCCCC1. The Morgan fingerprint density at radius 1 is 1.05 bits per heavy atom. The minimum atomic E-state index is 0.486. The van der Waals surface area contributed by atoms with Crippen molar-refractivity contribution in [3.8, 4) is 0 Å². The van der Waals surface area contributed by atoms with E-state index in [0.29, 0.717) is 5.54 Å². The molecule has 116 valence electrons. The number of hydrogen-bond acceptors (Lipinski definition) is 2. The summed E-state index contributed by atoms with van der Waals surface area (Å²) in [4.78, 5) is 2.89. The Balaban J connectivity index is 1.68. The van der Waals surface area contributed by atoms with Gasteiger partial charge in [-0.25, -0.2) is 0 Å². The highest BCUT2D eigenvalue weighted by molar-refractivity contribution is 5.02. The van der Waals surface area contributed by atoms with Gasteiger partial charge in [0.15, 0.2) is 0 Å². The van der Waals surface area contributed by atoms with Crippen LogP contribution in [0, 0.1) is 11.8 Å². The van der Waals surface area contributed by atoms with Crippen LogP contribution in [0.3, 0.4) is 0 Å². The van der Waals surface area contributed by atoms with Crippen molar-refractivity contribution < 1.29 is 0 Å². The minimum absolute atomic E-state index is 0.486. The molecule has 1 aliphatic heterocycles. The quantitative estimate of drug-likeness (QED) is 0.844. The van der Waals surface area contributed by atoms with E-state index >= 15 is 0 Å². The van der Waals surface area contributed by atoms with Gasteiger partial charge in [-0.15, -0.1) is 0 Å². The molecule has 1 atom stereocenters. The van der Waals surface area contributed by atoms with Gasteiger partial charge in [0.25, 0.3) is 0 Å². The second-order valence-corrected chi connectivity index (χ2v) is 8.16. The zero-order valence-corrected chi connectivity index (χ0v) is 13.7. The zero-order valence-electron chi connectivity index (χ0n) is 13.7. The number of nitrogens with zero attached hydrogens (tertiary/aromatic N) is 1. The summed E-state index contributed by atoms with van der Waals surface area (Å²) in [6.07, 6.45) is 13.1. The summed E-state index contributed by atoms with van der Waals surface area (Å²) >= 11 is 0. The number of hydrogen-bond donors (Lipinski definition) is 1. The molecule has 2 nitrogen and oxygen atoms in total. The molecule has 0 aromatic rings. The first-order valence-corrected chi connectivity index (χ1v) is 9.18. The van der Waals surface area contributed by atoms with E-state index < -0.39 is 0 Å². The third-order valence-corrected chi connectivity index (χ3v) is 6.02. The molecule has 1 spiro atoms. The third-order valence-electron chi connectivity index (χ3n) is 6.02. The lowest BCUT2D eigenvalue weighted by Gasteiger charge is -2.50. The molecule has 1 heterocycles. The summed E-state index contributed by atoms with van der Waals surface area (Å²) < 4.78 is 0. The maximum absolute atomic E-state index is 4.00. The van der Waals surface area contributed by atoms with Gasteiger partial charge in [0, 0.05) is 31.2 Å². The van der Waals surface area contributed by atoms with Crippen LogP contribution in [-0.4, -0.2) is 36.1 Å². The van der Waals surface area contributed by atoms with Crippen molar-refractivity contribution in [3.05, 3.63) is 0 Å². The molecule has 20 heavy (non-hydrogen) atoms. The first kappa shape index (κ1) is 14.8. The van der Waals surface area contributed by atoms with Crippen molar-refractivity contribution in [2.75, 3.05) is 19.6 Å². The van der Waals surface area contributed by atoms with Crippen LogP contribution in [0.2, 0.25) is 0 Å². The molecule has 2 heteroatoms. The van der Waals surface area contributed by atoms with Gasteiger partial charge >= 0.3 is 0 Å². The Morgan fingerprint density at radius 2 is 1.75 bits per heavy atom. The summed E-state index contributed by atoms with van der Waals surface area (Å²) in [7, 11) is 0. The van der Waals surface area contributed by atoms with Gasteiger partial charge in [0.05, 0.1) is 0 Å². The van der Waals surface area contributed by atoms with E-state index in [4.69, 9.17) is 0 Å². The van der Waals surface area contributed by atoms with E-state index in [9.17, 15) is 0 Å². The Bertz CT molecular complexity index is 301. The number of piperazine rings is 1. The summed E-state index contributed by atoms with van der Waals surface area (Å²) in [5.41, 5.74) is 0.486. The second-order valence-electron chi connectivity index (χ2n) is 8.16. The molecule has 2 aliphatic carbocycles. The molecular formula is C18H34N2. The van der Waals surface area contributed by atoms with E-state index in [1.807, 2.05) is 0 Å². The van der Waals surface area contributed by atoms with Crippen molar-refractivity contribution in [2.45, 2.75) is 83.2 Å². The zero-order chi connectivity index (χ0) is 14.0. The summed E-state index contributed by atoms with van der Waals surface area (Å²) in [5, 5.41) is 4.00. The molecular weight excluding hydrogens is 244 g/mol. The van der Waals surface area contributed by atoms with Crippen LogP contribution in [0.15, 0.2) is 0 Å². The molecule has 3 aliphatic rings. The molecule has 0 radical (unpaired) electrons. The van der Waals surface area contributed by atoms with Crippen LogP contribution in [0.25, 0.3) is 0 Å². The van der Waals surface area contributed by atoms with Crippen LogP contribution < -0.4 is 5.32 Å². The van der Waals surface area contributed by atoms with E-state index in [-0.39, 0.29) is 0 Å². The molecule has 1 N–H and O–H groups in total. The van der Waals surface area contributed by atoms with Crippen LogP contribution in [0.1, 0.15) is 71.6 Å². The standard InChI is InChI=1S/C18H34N2/c1-15(2)13-20-14-18(10-6-7-11-18)19-12-17(20)16-8-4-3-5-9-16/h15-17,19H,3-14H2,1-2H3. The first-order valence-electron chi connectivity index (χ1n) is 9.18. The molecule has 0 amide bonds. The van der Waals surface area contributed by atoms with Crippen LogP contribution in [-0.2, 0) is 0 Å². The van der Waals surface area contributed by atoms with Crippen molar-refractivity contribution >= 4 is 0 Å². The van der Waals surface area contributed by atoms with Gasteiger partial charge in [-0.1, -0.05) is 46.0 Å². The van der Waals surface area contributed by atoms with Crippen molar-refractivity contribution in [2.24, 2.45) is 11.8 Å². The Kier molecular flexibility index (Phi) is 4.72. The van der Waals surface area contributed by atoms with Gasteiger partial charge in [0.1, 0.15) is 0 Å². The van der Waals surface area contributed by atoms with Crippen LogP contribution in [0.5, 0.6) is 0 Å². The Labute approximate surface area is 125 Å². The van der Waals surface area contributed by atoms with E-state index in [2.05, 4.69) is 24.1 Å². The molecule has 0 bridgehead atoms. The van der Waals surface area contributed by atoms with E-state index in [1.54, 1.807) is 0 Å². The normalized spacial score (nSPS) is 32.2. The monoisotopic (exact) mass is 278 g/mol. The smallest absolute Gasteiger partial charge is 0.0309 e. The fraction of sp³-hybridized carbons (Fsp3) is 1.00. The molecule has 1 saturated heterocycles. The van der Waals surface area contributed by atoms with Gasteiger partial charge in [-0.2, -0.15) is 0 Å². The predicted octanol–water partition coefficient (Wildman–Crippen LogP) is 3.81. The summed E-state index contributed by atoms with van der Waals surface area (Å²) in [6, 6.07) is 0.823. The molecule has 1 unspecified atom stereocenters. The average Bonchev–Trinajstić information content (AvgIpc) is 2.87. The Morgan fingerprint density at radius 3 is 2.40 bits per heavy atom. The maximum Gasteiger partial charge on any atom is 0.0309 e. The lowest BCUT2D eigenvalue weighted by Crippen LogP contribution is -2.65. The third kappa shape index (κ3) is 3.22. The van der Waals surface area contributed by atoms with Crippen LogP contribution in [0.4, 0.5) is 0 Å². The van der Waals surface area contributed by atoms with Gasteiger partial charge in [-0.3, -0.25) is 4.90 Å². The lowest BCUT2D eigenvalue weighted by atomic mass is 9.80.